The summed E-state index contributed by atoms with van der Waals surface area (Å²) in [6.45, 7) is 26.0. The lowest BCUT2D eigenvalue weighted by Crippen LogP contribution is -2.48. The minimum atomic E-state index is -0.665. The van der Waals surface area contributed by atoms with E-state index in [2.05, 4.69) is 135 Å². The summed E-state index contributed by atoms with van der Waals surface area (Å²) in [5.41, 5.74) is 6.95. The number of likely N-dealkylation sites (tertiary alicyclic amines) is 1. The van der Waals surface area contributed by atoms with Crippen LogP contribution < -0.4 is 43.1 Å². The molecule has 6 aliphatic heterocycles. The number of fused-ring (bicyclic) bond motifs is 8. The number of hydrogen-bond donors (Lipinski definition) is 3. The molecule has 20 rings (SSSR count). The Morgan fingerprint density at radius 3 is 1.23 bits per heavy atom. The molecule has 4 saturated heterocycles. The van der Waals surface area contributed by atoms with Gasteiger partial charge in [-0.2, -0.15) is 45.2 Å². The van der Waals surface area contributed by atoms with Gasteiger partial charge >= 0.3 is 18.0 Å². The van der Waals surface area contributed by atoms with Gasteiger partial charge in [0.2, 0.25) is 35.4 Å². The van der Waals surface area contributed by atoms with Crippen molar-refractivity contribution in [2.45, 2.75) is 58.0 Å². The van der Waals surface area contributed by atoms with E-state index in [4.69, 9.17) is 97.9 Å². The van der Waals surface area contributed by atoms with E-state index in [1.165, 1.54) is 66.1 Å². The number of nitrogens with zero attached hydrogens (tertiary/aromatic N) is 21. The van der Waals surface area contributed by atoms with Crippen LogP contribution in [0.4, 0.5) is 30.6 Å². The molecule has 9 aromatic heterocycles. The number of carbonyl (C=O) groups is 3. The summed E-state index contributed by atoms with van der Waals surface area (Å²) in [6.07, 6.45) is 14.5. The minimum absolute atomic E-state index is 0.0624. The van der Waals surface area contributed by atoms with Crippen molar-refractivity contribution in [2.24, 2.45) is 0 Å². The molecule has 3 N–H and O–H groups in total. The Bertz CT molecular complexity index is 6790. The van der Waals surface area contributed by atoms with Crippen LogP contribution in [0.2, 0.25) is 15.1 Å². The molecule has 0 saturated carbocycles. The molecule has 0 radical (unpaired) electrons. The summed E-state index contributed by atoms with van der Waals surface area (Å²) >= 11 is 19.1. The fourth-order valence-electron chi connectivity index (χ4n) is 16.9. The maximum absolute atomic E-state index is 14.7. The molecule has 6 aliphatic rings. The van der Waals surface area contributed by atoms with Gasteiger partial charge in [-0.15, -0.1) is 0 Å². The highest BCUT2D eigenvalue weighted by molar-refractivity contribution is 6.34. The van der Waals surface area contributed by atoms with Crippen LogP contribution in [-0.4, -0.2) is 267 Å². The van der Waals surface area contributed by atoms with Crippen LogP contribution in [0.3, 0.4) is 0 Å². The zero-order valence-corrected chi connectivity index (χ0v) is 74.1. The molecular formula is C91H88Cl3F3N24O10. The summed E-state index contributed by atoms with van der Waals surface area (Å²) in [6, 6.07) is 21.8. The highest BCUT2D eigenvalue weighted by atomic mass is 35.5. The lowest BCUT2D eigenvalue weighted by atomic mass is 9.99. The van der Waals surface area contributed by atoms with Gasteiger partial charge in [-0.1, -0.05) is 78.8 Å². The number of halogens is 6. The summed E-state index contributed by atoms with van der Waals surface area (Å²) < 4.78 is 87.7. The monoisotopic (exact) mass is 1840 g/mol. The number of aromatic amines is 3. The number of methoxy groups -OCH3 is 1. The van der Waals surface area contributed by atoms with Gasteiger partial charge in [-0.05, 0) is 100 Å². The Kier molecular flexibility index (Phi) is 25.4. The fraction of sp³-hybridized carbons (Fsp3) is 0.308. The van der Waals surface area contributed by atoms with E-state index in [1.807, 2.05) is 24.3 Å². The molecule has 5 aromatic carbocycles. The van der Waals surface area contributed by atoms with Crippen molar-refractivity contribution in [1.82, 2.24) is 105 Å². The molecule has 3 amide bonds. The molecule has 0 aliphatic carbocycles. The average Bonchev–Trinajstić information content (AvgIpc) is 1.76. The zero-order valence-electron chi connectivity index (χ0n) is 71.9. The highest BCUT2D eigenvalue weighted by Crippen LogP contribution is 2.46. The van der Waals surface area contributed by atoms with Crippen LogP contribution in [0.25, 0.3) is 65.4 Å². The molecular weight excluding hydrogens is 1750 g/mol. The van der Waals surface area contributed by atoms with Crippen LogP contribution in [0, 0.1) is 17.5 Å². The molecule has 2 atom stereocenters. The Morgan fingerprint density at radius 2 is 0.824 bits per heavy atom. The van der Waals surface area contributed by atoms with Gasteiger partial charge in [0.25, 0.3) is 0 Å². The molecule has 131 heavy (non-hydrogen) atoms. The molecule has 14 aromatic rings. The van der Waals surface area contributed by atoms with Crippen molar-refractivity contribution in [1.29, 1.82) is 0 Å². The molecule has 4 fully saturated rings. The predicted molar refractivity (Wildman–Crippen MR) is 487 cm³/mol. The van der Waals surface area contributed by atoms with Crippen LogP contribution in [-0.2, 0) is 45.1 Å². The number of pyridine rings is 3. The smallest absolute Gasteiger partial charge is 0.324 e. The number of hydrogen-bond acceptors (Lipinski definition) is 28. The Balaban J connectivity index is 0.000000132. The van der Waals surface area contributed by atoms with Crippen molar-refractivity contribution in [3.05, 3.63) is 203 Å². The second-order valence-electron chi connectivity index (χ2n) is 32.3. The molecule has 15 heterocycles. The Hall–Kier alpha value is -13.7. The van der Waals surface area contributed by atoms with Crippen molar-refractivity contribution in [3.8, 4) is 64.4 Å². The summed E-state index contributed by atoms with van der Waals surface area (Å²) in [7, 11) is 5.83. The van der Waals surface area contributed by atoms with Gasteiger partial charge < -0.3 is 72.4 Å². The van der Waals surface area contributed by atoms with Gasteiger partial charge in [0, 0.05) is 179 Å². The van der Waals surface area contributed by atoms with Crippen molar-refractivity contribution < 1.29 is 60.7 Å². The van der Waals surface area contributed by atoms with Crippen LogP contribution in [0.1, 0.15) is 36.1 Å². The first-order valence-electron chi connectivity index (χ1n) is 42.4. The first-order valence-corrected chi connectivity index (χ1v) is 43.5. The minimum Gasteiger partial charge on any atom is -0.456 e. The Labute approximate surface area is 762 Å². The number of ether oxygens (including phenoxy) is 7. The molecule has 674 valence electrons. The van der Waals surface area contributed by atoms with Crippen LogP contribution in [0.5, 0.6) is 64.4 Å². The molecule has 0 unspecified atom stereocenters. The number of likely N-dealkylation sites (N-methyl/N-ethyl adjacent to an activating group) is 2. The molecule has 0 bridgehead atoms. The topological polar surface area (TPSA) is 347 Å². The molecule has 0 spiro atoms. The maximum Gasteiger partial charge on any atom is 0.324 e. The van der Waals surface area contributed by atoms with Gasteiger partial charge in [0.15, 0.2) is 17.2 Å². The number of anilines is 3. The van der Waals surface area contributed by atoms with E-state index >= 15 is 0 Å². The van der Waals surface area contributed by atoms with Crippen molar-refractivity contribution >= 4 is 135 Å². The summed E-state index contributed by atoms with van der Waals surface area (Å²) in [4.78, 5) is 97.1. The van der Waals surface area contributed by atoms with Gasteiger partial charge in [0.1, 0.15) is 90.2 Å². The van der Waals surface area contributed by atoms with Gasteiger partial charge in [-0.25, -0.2) is 28.1 Å². The van der Waals surface area contributed by atoms with E-state index < -0.39 is 17.5 Å². The second kappa shape index (κ2) is 37.8. The van der Waals surface area contributed by atoms with Crippen molar-refractivity contribution in [2.75, 3.05) is 141 Å². The van der Waals surface area contributed by atoms with E-state index in [1.54, 1.807) is 58.6 Å². The first-order chi connectivity index (χ1) is 63.5. The lowest BCUT2D eigenvalue weighted by Gasteiger charge is -2.35. The van der Waals surface area contributed by atoms with Crippen molar-refractivity contribution in [3.63, 3.8) is 0 Å². The largest absolute Gasteiger partial charge is 0.456 e. The van der Waals surface area contributed by atoms with Crippen LogP contribution >= 0.6 is 34.8 Å². The van der Waals surface area contributed by atoms with E-state index in [0.717, 1.165) is 50.1 Å². The number of rotatable bonds is 20. The third-order valence-corrected chi connectivity index (χ3v) is 25.0. The number of nitrogens with one attached hydrogen (secondary N) is 3. The third kappa shape index (κ3) is 18.0. The molecule has 34 nitrogen and oxygen atoms in total. The van der Waals surface area contributed by atoms with Gasteiger partial charge in [0.05, 0.1) is 67.5 Å². The number of benzene rings is 5. The summed E-state index contributed by atoms with van der Waals surface area (Å²) in [5.74, 6) is 1.31. The number of amides is 3. The lowest BCUT2D eigenvalue weighted by molar-refractivity contribution is -0.127. The average molecular weight is 1840 g/mol. The predicted octanol–water partition coefficient (Wildman–Crippen LogP) is 14.0. The SMILES string of the molecule is C=CC(=O)N1CCN(c2nc(O[C@@H]3CN(C(C)C)C[C@H]3OC)nc3c(Oc4c(Cl)c(F)cc5[nH]ncc45)nccc23)CC1.C=CC(=O)N1CCN(c2nc(Oc3cccc4c3CCN(C)C4)nc3c(Oc4c(Cl)c(F)cc5[nH]ncc45)nccc23)CC1.C=CC(=O)N1CCN(c2nc(Oc3cccc4c3CN(C)CC4)nc3c(Oc4c(Cl)c(F)cc5[nH]ncc45)nccc23)CC1. The van der Waals surface area contributed by atoms with Crippen LogP contribution in [0.15, 0.2) is 148 Å². The third-order valence-electron chi connectivity index (χ3n) is 24.0. The summed E-state index contributed by atoms with van der Waals surface area (Å²) in [5, 5.41) is 23.1. The van der Waals surface area contributed by atoms with E-state index in [9.17, 15) is 27.6 Å². The first kappa shape index (κ1) is 88.0. The fourth-order valence-corrected chi connectivity index (χ4v) is 17.5. The van der Waals surface area contributed by atoms with E-state index in [-0.39, 0.29) is 97.9 Å². The normalized spacial score (nSPS) is 16.8. The number of aromatic nitrogens is 15. The number of H-pyrrole nitrogens is 3. The highest BCUT2D eigenvalue weighted by Gasteiger charge is 2.38. The molecule has 40 heteroatoms. The number of piperazine rings is 3. The van der Waals surface area contributed by atoms with Gasteiger partial charge in [-0.3, -0.25) is 34.6 Å². The van der Waals surface area contributed by atoms with E-state index in [0.29, 0.717) is 192 Å². The second-order valence-corrected chi connectivity index (χ2v) is 33.5. The quantitative estimate of drug-likeness (QED) is 0.0597. The zero-order chi connectivity index (χ0) is 91.0. The maximum atomic E-state index is 14.7. The Morgan fingerprint density at radius 1 is 0.450 bits per heavy atom. The number of carbonyl (C=O) groups excluding carboxylic acids is 3. The standard InChI is InChI=1S/2C31H28ClFN8O3.C29H32ClFN8O4/c1-3-25(42)40-11-13-41(14-12-40)29-20-7-9-34-30(44-28-21-16-35-38-23(21)15-22(33)26(28)32)27(20)36-31(37-29)43-24-6-4-5-18-17-39(2)10-8-19(18)24;1-3-25(42)40-11-13-41(14-12-40)29-19-7-9-34-30(44-28-20-16-35-38-23(20)15-22(33)26(28)32)27(19)36-31(37-29)43-24-6-4-5-18-8-10-39(2)17-21(18)24;1-5-23(40)37-8-10-38(11-9-37)27-17-6-7-32-28(43-26-18-13-33-36-20(18)12-19(31)24(26)30)25(17)34-29(35-27)42-22-15-39(16(2)3)14-21(22)41-4/h2*3-7,9,15-16H,1,8,10-14,17H2,2H3,(H,35,38);5-7,12-13,16,21-22H,1,8-11,14-15H2,2-4H3,(H,33,36)/t;;21-,22-/m..1/s1.